The van der Waals surface area contributed by atoms with Crippen molar-refractivity contribution in [1.29, 1.82) is 0 Å². The van der Waals surface area contributed by atoms with E-state index >= 15 is 0 Å². The number of aryl methyl sites for hydroxylation is 2. The Morgan fingerprint density at radius 2 is 1.71 bits per heavy atom. The molecule has 0 aliphatic heterocycles. The standard InChI is InChI=1S/C13H16N2O2.C7H6/c1-8(2)15-11-7-5-6-10(9(3)16)12(11)14(4)13(15)17;1-5-2-6-4-7(6)3-5/h5-8H,1-4H3;2-4H,1H3. The summed E-state index contributed by atoms with van der Waals surface area (Å²) in [6.07, 6.45) is 0. The van der Waals surface area contributed by atoms with Crippen molar-refractivity contribution in [2.45, 2.75) is 33.7 Å². The Bertz CT molecular complexity index is 986. The molecule has 4 rings (SSSR count). The van der Waals surface area contributed by atoms with E-state index in [2.05, 4.69) is 25.1 Å². The van der Waals surface area contributed by atoms with Crippen molar-refractivity contribution in [1.82, 2.24) is 9.13 Å². The van der Waals surface area contributed by atoms with Crippen molar-refractivity contribution in [2.24, 2.45) is 7.05 Å². The Labute approximate surface area is 141 Å². The lowest BCUT2D eigenvalue weighted by atomic mass is 10.1. The Morgan fingerprint density at radius 1 is 1.08 bits per heavy atom. The first-order valence-electron chi connectivity index (χ1n) is 8.14. The monoisotopic (exact) mass is 322 g/mol. The van der Waals surface area contributed by atoms with Crippen LogP contribution in [0.15, 0.2) is 41.2 Å². The number of hydrogen-bond acceptors (Lipinski definition) is 2. The van der Waals surface area contributed by atoms with Crippen molar-refractivity contribution >= 4 is 16.8 Å². The van der Waals surface area contributed by atoms with E-state index in [-0.39, 0.29) is 17.5 Å². The van der Waals surface area contributed by atoms with Gasteiger partial charge >= 0.3 is 5.69 Å². The fourth-order valence-corrected chi connectivity index (χ4v) is 3.14. The van der Waals surface area contributed by atoms with E-state index < -0.39 is 0 Å². The summed E-state index contributed by atoms with van der Waals surface area (Å²) < 4.78 is 3.26. The highest BCUT2D eigenvalue weighted by Crippen LogP contribution is 2.35. The maximum atomic E-state index is 12.1. The number of ketones is 1. The van der Waals surface area contributed by atoms with Gasteiger partial charge in [-0.1, -0.05) is 18.2 Å². The van der Waals surface area contributed by atoms with Crippen LogP contribution in [-0.4, -0.2) is 14.9 Å². The third kappa shape index (κ3) is 2.68. The summed E-state index contributed by atoms with van der Waals surface area (Å²) in [5.41, 5.74) is 6.34. The number of carbonyl (C=O) groups is 1. The molecule has 0 spiro atoms. The quantitative estimate of drug-likeness (QED) is 0.522. The maximum absolute atomic E-state index is 12.1. The van der Waals surface area contributed by atoms with Crippen molar-refractivity contribution < 1.29 is 4.79 Å². The van der Waals surface area contributed by atoms with Gasteiger partial charge in [0.25, 0.3) is 0 Å². The van der Waals surface area contributed by atoms with Gasteiger partial charge in [0.2, 0.25) is 0 Å². The van der Waals surface area contributed by atoms with E-state index in [1.807, 2.05) is 26.0 Å². The summed E-state index contributed by atoms with van der Waals surface area (Å²) in [5, 5.41) is 0. The Morgan fingerprint density at radius 3 is 2.17 bits per heavy atom. The number of imidazole rings is 1. The molecule has 124 valence electrons. The summed E-state index contributed by atoms with van der Waals surface area (Å²) in [6.45, 7) is 7.56. The van der Waals surface area contributed by atoms with Crippen LogP contribution < -0.4 is 5.69 Å². The number of hydrogen-bond donors (Lipinski definition) is 0. The van der Waals surface area contributed by atoms with Crippen LogP contribution >= 0.6 is 0 Å². The minimum absolute atomic E-state index is 0.0212. The summed E-state index contributed by atoms with van der Waals surface area (Å²) >= 11 is 0. The smallest absolute Gasteiger partial charge is 0.294 e. The predicted molar refractivity (Wildman–Crippen MR) is 97.7 cm³/mol. The average Bonchev–Trinajstić information content (AvgIpc) is 3.03. The minimum Gasteiger partial charge on any atom is -0.294 e. The lowest BCUT2D eigenvalue weighted by molar-refractivity contribution is 0.101. The highest BCUT2D eigenvalue weighted by atomic mass is 16.2. The molecule has 0 radical (unpaired) electrons. The number of benzene rings is 2. The fraction of sp³-hybridized carbons (Fsp3) is 0.300. The maximum Gasteiger partial charge on any atom is 0.329 e. The zero-order chi connectivity index (χ0) is 17.6. The molecule has 4 heteroatoms. The van der Waals surface area contributed by atoms with E-state index in [0.29, 0.717) is 5.56 Å². The van der Waals surface area contributed by atoms with Gasteiger partial charge in [-0.3, -0.25) is 13.9 Å². The Balaban J connectivity index is 0.000000198. The van der Waals surface area contributed by atoms with Gasteiger partial charge in [0.15, 0.2) is 5.78 Å². The molecule has 0 saturated heterocycles. The van der Waals surface area contributed by atoms with Crippen molar-refractivity contribution in [3.8, 4) is 11.1 Å². The molecule has 2 aliphatic rings. The van der Waals surface area contributed by atoms with Gasteiger partial charge in [-0.25, -0.2) is 4.79 Å². The Hall–Kier alpha value is -2.62. The van der Waals surface area contributed by atoms with Gasteiger partial charge in [-0.15, -0.1) is 0 Å². The van der Waals surface area contributed by atoms with Gasteiger partial charge in [0.05, 0.1) is 11.0 Å². The number of Topliss-reactive ketones (excluding diaryl/α,β-unsaturated/α-hetero) is 1. The van der Waals surface area contributed by atoms with Crippen LogP contribution in [0, 0.1) is 6.92 Å². The van der Waals surface area contributed by atoms with Gasteiger partial charge in [-0.2, -0.15) is 0 Å². The molecule has 4 nitrogen and oxygen atoms in total. The van der Waals surface area contributed by atoms with E-state index in [4.69, 9.17) is 0 Å². The predicted octanol–water partition coefficient (Wildman–Crippen LogP) is 4.10. The topological polar surface area (TPSA) is 44.0 Å². The summed E-state index contributed by atoms with van der Waals surface area (Å²) in [5.74, 6) is -0.0212. The second-order valence-corrected chi connectivity index (χ2v) is 6.62. The molecule has 0 saturated carbocycles. The van der Waals surface area contributed by atoms with Crippen LogP contribution in [0.2, 0.25) is 0 Å². The average molecular weight is 322 g/mol. The normalized spacial score (nSPS) is 11.4. The molecular weight excluding hydrogens is 300 g/mol. The molecule has 0 atom stereocenters. The highest BCUT2D eigenvalue weighted by molar-refractivity contribution is 6.05. The van der Waals surface area contributed by atoms with Crippen LogP contribution in [0.5, 0.6) is 0 Å². The van der Waals surface area contributed by atoms with E-state index in [9.17, 15) is 9.59 Å². The summed E-state index contributed by atoms with van der Waals surface area (Å²) in [6, 6.07) is 12.1. The lowest BCUT2D eigenvalue weighted by Gasteiger charge is -2.06. The number of aromatic nitrogens is 2. The first kappa shape index (κ1) is 16.2. The number of fused-ring (bicyclic) bond motifs is 2. The number of nitrogens with zero attached hydrogens (tertiary/aromatic N) is 2. The van der Waals surface area contributed by atoms with Crippen LogP contribution in [0.1, 0.15) is 42.7 Å². The molecule has 0 unspecified atom stereocenters. The third-order valence-electron chi connectivity index (χ3n) is 4.33. The van der Waals surface area contributed by atoms with Gasteiger partial charge in [0.1, 0.15) is 0 Å². The molecule has 0 amide bonds. The van der Waals surface area contributed by atoms with Crippen molar-refractivity contribution in [2.75, 3.05) is 0 Å². The lowest BCUT2D eigenvalue weighted by Crippen LogP contribution is -2.23. The van der Waals surface area contributed by atoms with Crippen LogP contribution in [0.3, 0.4) is 0 Å². The van der Waals surface area contributed by atoms with E-state index in [1.165, 1.54) is 23.6 Å². The van der Waals surface area contributed by atoms with E-state index in [0.717, 1.165) is 11.0 Å². The number of carbonyl (C=O) groups excluding carboxylic acids is 1. The molecular formula is C20H22N2O2. The van der Waals surface area contributed by atoms with Crippen LogP contribution in [0.4, 0.5) is 0 Å². The molecule has 0 fully saturated rings. The summed E-state index contributed by atoms with van der Waals surface area (Å²) in [4.78, 5) is 23.7. The molecule has 2 aromatic rings. The SMILES string of the molecule is CC(=O)c1cccc2c1n(C)c(=O)n2C(C)C.Cc1cc2cc-2c1. The molecule has 1 aromatic heterocycles. The zero-order valence-corrected chi connectivity index (χ0v) is 14.8. The van der Waals surface area contributed by atoms with E-state index in [1.54, 1.807) is 22.2 Å². The molecule has 2 aliphatic carbocycles. The van der Waals surface area contributed by atoms with Crippen LogP contribution in [0.25, 0.3) is 22.2 Å². The number of para-hydroxylation sites is 1. The van der Waals surface area contributed by atoms with Crippen molar-refractivity contribution in [3.05, 3.63) is 58.0 Å². The first-order valence-corrected chi connectivity index (χ1v) is 8.14. The molecule has 0 bridgehead atoms. The molecule has 1 aromatic carbocycles. The highest BCUT2D eigenvalue weighted by Gasteiger charge is 2.17. The first-order chi connectivity index (χ1) is 11.3. The van der Waals surface area contributed by atoms with Crippen LogP contribution in [-0.2, 0) is 7.05 Å². The van der Waals surface area contributed by atoms with Gasteiger partial charge in [-0.05, 0) is 62.6 Å². The minimum atomic E-state index is -0.0799. The number of rotatable bonds is 2. The Kier molecular flexibility index (Phi) is 3.91. The van der Waals surface area contributed by atoms with Gasteiger partial charge < -0.3 is 0 Å². The second kappa shape index (κ2) is 5.78. The van der Waals surface area contributed by atoms with Gasteiger partial charge in [0, 0.05) is 18.7 Å². The largest absolute Gasteiger partial charge is 0.329 e. The summed E-state index contributed by atoms with van der Waals surface area (Å²) in [7, 11) is 1.70. The fourth-order valence-electron chi connectivity index (χ4n) is 3.14. The molecule has 24 heavy (non-hydrogen) atoms. The second-order valence-electron chi connectivity index (χ2n) is 6.62. The third-order valence-corrected chi connectivity index (χ3v) is 4.33. The molecule has 1 heterocycles. The molecule has 0 N–H and O–H groups in total. The van der Waals surface area contributed by atoms with Crippen molar-refractivity contribution in [3.63, 3.8) is 0 Å². The zero-order valence-electron chi connectivity index (χ0n) is 14.8.